The van der Waals surface area contributed by atoms with Crippen LogP contribution in [0.15, 0.2) is 33.7 Å². The van der Waals surface area contributed by atoms with Gasteiger partial charge in [-0.15, -0.1) is 0 Å². The molecule has 2 aromatic rings. The monoisotopic (exact) mass is 381 g/mol. The lowest BCUT2D eigenvalue weighted by atomic mass is 9.96. The van der Waals surface area contributed by atoms with Gasteiger partial charge in [0, 0.05) is 25.3 Å². The number of morpholine rings is 1. The van der Waals surface area contributed by atoms with E-state index >= 15 is 0 Å². The first-order chi connectivity index (χ1) is 13.7. The number of benzene rings is 1. The number of aromatic nitrogens is 1. The van der Waals surface area contributed by atoms with Crippen molar-refractivity contribution in [1.82, 2.24) is 4.57 Å². The third-order valence-corrected chi connectivity index (χ3v) is 5.79. The molecule has 150 valence electrons. The van der Waals surface area contributed by atoms with Gasteiger partial charge in [0.15, 0.2) is 5.42 Å². The summed E-state index contributed by atoms with van der Waals surface area (Å²) in [6, 6.07) is 9.01. The Balaban J connectivity index is 1.62. The summed E-state index contributed by atoms with van der Waals surface area (Å²) in [6.45, 7) is 10.7. The zero-order valence-corrected chi connectivity index (χ0v) is 16.9. The lowest BCUT2D eigenvalue weighted by molar-refractivity contribution is 0.122. The minimum absolute atomic E-state index is 0.387. The zero-order valence-electron chi connectivity index (χ0n) is 16.9. The predicted octanol–water partition coefficient (Wildman–Crippen LogP) is 2.41. The molecule has 1 aliphatic carbocycles. The molecule has 5 nitrogen and oxygen atoms in total. The van der Waals surface area contributed by atoms with Crippen LogP contribution in [0.3, 0.4) is 0 Å². The summed E-state index contributed by atoms with van der Waals surface area (Å²) in [6.07, 6.45) is 8.27. The second kappa shape index (κ2) is 8.82. The van der Waals surface area contributed by atoms with Gasteiger partial charge < -0.3 is 14.1 Å². The molecule has 1 aliphatic heterocycles. The van der Waals surface area contributed by atoms with Crippen LogP contribution in [-0.4, -0.2) is 36.9 Å². The molecular formula is C23H31N3O2. The fourth-order valence-electron chi connectivity index (χ4n) is 4.12. The highest BCUT2D eigenvalue weighted by Crippen LogP contribution is 2.19. The second-order valence-electron chi connectivity index (χ2n) is 7.70. The van der Waals surface area contributed by atoms with Crippen molar-refractivity contribution in [2.75, 3.05) is 31.2 Å². The van der Waals surface area contributed by atoms with Gasteiger partial charge in [-0.2, -0.15) is 0 Å². The van der Waals surface area contributed by atoms with Crippen LogP contribution >= 0.6 is 0 Å². The fourth-order valence-corrected chi connectivity index (χ4v) is 4.12. The Bertz CT molecular complexity index is 943. The third kappa shape index (κ3) is 4.25. The minimum atomic E-state index is 0.387. The molecule has 0 amide bonds. The van der Waals surface area contributed by atoms with Gasteiger partial charge in [-0.1, -0.05) is 38.0 Å². The number of ether oxygens (including phenoxy) is 1. The van der Waals surface area contributed by atoms with E-state index in [-0.39, 0.29) is 0 Å². The van der Waals surface area contributed by atoms with Gasteiger partial charge in [0.05, 0.1) is 24.6 Å². The summed E-state index contributed by atoms with van der Waals surface area (Å²) >= 11 is 0. The molecule has 0 bridgehead atoms. The third-order valence-electron chi connectivity index (χ3n) is 5.79. The topological polar surface area (TPSA) is 42.9 Å². The Morgan fingerprint density at radius 3 is 2.50 bits per heavy atom. The van der Waals surface area contributed by atoms with Crippen molar-refractivity contribution in [2.45, 2.75) is 51.6 Å². The molecule has 2 heterocycles. The highest BCUT2D eigenvalue weighted by atomic mass is 16.5. The van der Waals surface area contributed by atoms with Crippen LogP contribution < -0.4 is 21.3 Å². The average molecular weight is 382 g/mol. The van der Waals surface area contributed by atoms with Crippen molar-refractivity contribution in [3.63, 3.8) is 0 Å². The predicted molar refractivity (Wildman–Crippen MR) is 113 cm³/mol. The molecule has 1 saturated carbocycles. The summed E-state index contributed by atoms with van der Waals surface area (Å²) in [7, 11) is 0. The Kier molecular flexibility index (Phi) is 6.01. The lowest BCUT2D eigenvalue weighted by Crippen LogP contribution is -2.36. The number of anilines is 1. The molecule has 0 radical (unpaired) electrons. The molecule has 1 aromatic carbocycles. The van der Waals surface area contributed by atoms with Crippen LogP contribution in [0, 0.1) is 0 Å². The normalized spacial score (nSPS) is 20.1. The van der Waals surface area contributed by atoms with Crippen LogP contribution in [0.1, 0.15) is 44.6 Å². The Morgan fingerprint density at radius 2 is 1.82 bits per heavy atom. The molecule has 28 heavy (non-hydrogen) atoms. The van der Waals surface area contributed by atoms with Crippen molar-refractivity contribution in [2.24, 2.45) is 4.99 Å². The van der Waals surface area contributed by atoms with Crippen LogP contribution in [0.5, 0.6) is 0 Å². The first-order valence-electron chi connectivity index (χ1n) is 10.6. The largest absolute Gasteiger partial charge is 0.424 e. The van der Waals surface area contributed by atoms with Crippen molar-refractivity contribution in [3.8, 4) is 0 Å². The van der Waals surface area contributed by atoms with Gasteiger partial charge in [-0.3, -0.25) is 4.57 Å². The van der Waals surface area contributed by atoms with E-state index < -0.39 is 0 Å². The molecule has 4 rings (SSSR count). The van der Waals surface area contributed by atoms with Gasteiger partial charge in [-0.05, 0) is 43.5 Å². The second-order valence-corrected chi connectivity index (χ2v) is 7.70. The van der Waals surface area contributed by atoms with Crippen molar-refractivity contribution < 1.29 is 9.15 Å². The standard InChI is InChI=1S/C23H31N3O2/c1-3-26-18(2)22(28-23(26)24-20-7-5-4-6-8-20)17-19-9-11-21(12-10-19)25-13-15-27-16-14-25/h9-12,17,20H,2-8,13-16H2,1H3/b22-17+,24-23?. The number of hydrogen-bond donors (Lipinski definition) is 0. The molecular weight excluding hydrogens is 350 g/mol. The average Bonchev–Trinajstić information content (AvgIpc) is 3.04. The Morgan fingerprint density at radius 1 is 1.11 bits per heavy atom. The first kappa shape index (κ1) is 19.1. The number of nitrogens with zero attached hydrogens (tertiary/aromatic N) is 3. The molecule has 0 unspecified atom stereocenters. The van der Waals surface area contributed by atoms with E-state index in [1.807, 2.05) is 0 Å². The van der Waals surface area contributed by atoms with Gasteiger partial charge in [0.25, 0.3) is 5.68 Å². The van der Waals surface area contributed by atoms with Crippen molar-refractivity contribution in [3.05, 3.63) is 46.3 Å². The maximum Gasteiger partial charge on any atom is 0.297 e. The number of hydrogen-bond acceptors (Lipinski definition) is 4. The van der Waals surface area contributed by atoms with Crippen molar-refractivity contribution >= 4 is 18.3 Å². The van der Waals surface area contributed by atoms with Crippen LogP contribution in [0.2, 0.25) is 0 Å². The molecule has 2 aliphatic rings. The maximum absolute atomic E-state index is 6.14. The summed E-state index contributed by atoms with van der Waals surface area (Å²) in [5.41, 5.74) is 3.88. The van der Waals surface area contributed by atoms with E-state index in [4.69, 9.17) is 14.1 Å². The SMILES string of the molecule is C=c1/c(=C\c2ccc(N3CCOCC3)cc2)oc(=NC2CCCCC2)n1CC. The van der Waals surface area contributed by atoms with Crippen LogP contribution in [0.25, 0.3) is 12.7 Å². The quantitative estimate of drug-likeness (QED) is 0.817. The molecule has 1 saturated heterocycles. The molecule has 0 spiro atoms. The highest BCUT2D eigenvalue weighted by Gasteiger charge is 2.13. The van der Waals surface area contributed by atoms with E-state index in [0.717, 1.165) is 54.9 Å². The molecule has 0 atom stereocenters. The minimum Gasteiger partial charge on any atom is -0.424 e. The van der Waals surface area contributed by atoms with E-state index in [1.54, 1.807) is 0 Å². The van der Waals surface area contributed by atoms with E-state index in [2.05, 4.69) is 53.3 Å². The molecule has 2 fully saturated rings. The van der Waals surface area contributed by atoms with Crippen molar-refractivity contribution in [1.29, 1.82) is 0 Å². The van der Waals surface area contributed by atoms with E-state index in [9.17, 15) is 0 Å². The van der Waals surface area contributed by atoms with Gasteiger partial charge in [0.2, 0.25) is 0 Å². The zero-order chi connectivity index (χ0) is 19.3. The van der Waals surface area contributed by atoms with Crippen LogP contribution in [0.4, 0.5) is 5.69 Å². The van der Waals surface area contributed by atoms with Crippen LogP contribution in [-0.2, 0) is 11.3 Å². The highest BCUT2D eigenvalue weighted by molar-refractivity contribution is 5.55. The molecule has 1 aromatic heterocycles. The van der Waals surface area contributed by atoms with Gasteiger partial charge in [0.1, 0.15) is 0 Å². The maximum atomic E-state index is 6.14. The Hall–Kier alpha value is -2.27. The smallest absolute Gasteiger partial charge is 0.297 e. The summed E-state index contributed by atoms with van der Waals surface area (Å²) in [5, 5.41) is 0.898. The first-order valence-corrected chi connectivity index (χ1v) is 10.6. The van der Waals surface area contributed by atoms with Gasteiger partial charge in [-0.25, -0.2) is 4.99 Å². The summed E-state index contributed by atoms with van der Waals surface area (Å²) < 4.78 is 13.7. The molecule has 0 N–H and O–H groups in total. The van der Waals surface area contributed by atoms with E-state index in [1.165, 1.54) is 37.8 Å². The fraction of sp³-hybridized carbons (Fsp3) is 0.522. The lowest BCUT2D eigenvalue weighted by Gasteiger charge is -2.28. The number of rotatable bonds is 4. The number of oxazole rings is 1. The summed E-state index contributed by atoms with van der Waals surface area (Å²) in [5.74, 6) is 0. The Labute approximate surface area is 166 Å². The van der Waals surface area contributed by atoms with Gasteiger partial charge >= 0.3 is 0 Å². The van der Waals surface area contributed by atoms with E-state index in [0.29, 0.717) is 6.04 Å². The summed E-state index contributed by atoms with van der Waals surface area (Å²) in [4.78, 5) is 7.27. The molecule has 5 heteroatoms.